The highest BCUT2D eigenvalue weighted by atomic mass is 28.4. The van der Waals surface area contributed by atoms with Crippen LogP contribution in [0, 0.1) is 0 Å². The summed E-state index contributed by atoms with van der Waals surface area (Å²) in [6.07, 6.45) is 1.14. The Morgan fingerprint density at radius 3 is 1.78 bits per heavy atom. The highest BCUT2D eigenvalue weighted by Crippen LogP contribution is 2.38. The van der Waals surface area contributed by atoms with E-state index in [1.165, 1.54) is 0 Å². The van der Waals surface area contributed by atoms with Crippen LogP contribution in [0.15, 0.2) is 97.6 Å². The predicted molar refractivity (Wildman–Crippen MR) is 156 cm³/mol. The van der Waals surface area contributed by atoms with Gasteiger partial charge < -0.3 is 9.33 Å². The Bertz CT molecular complexity index is 1120. The van der Waals surface area contributed by atoms with Crippen LogP contribution in [0.2, 0.25) is 5.04 Å². The van der Waals surface area contributed by atoms with Gasteiger partial charge in [-0.05, 0) is 39.4 Å². The molecule has 1 amide bonds. The molecule has 0 aliphatic rings. The van der Waals surface area contributed by atoms with E-state index in [0.29, 0.717) is 6.54 Å². The fourth-order valence-corrected chi connectivity index (χ4v) is 9.65. The number of benzene rings is 3. The lowest BCUT2D eigenvalue weighted by atomic mass is 9.85. The van der Waals surface area contributed by atoms with E-state index in [0.717, 1.165) is 21.6 Å². The third-order valence-corrected chi connectivity index (χ3v) is 11.8. The molecule has 0 bridgehead atoms. The quantitative estimate of drug-likeness (QED) is 0.263. The molecule has 0 aromatic heterocycles. The van der Waals surface area contributed by atoms with Crippen LogP contribution in [0.25, 0.3) is 0 Å². The van der Waals surface area contributed by atoms with Gasteiger partial charge in [0.05, 0.1) is 0 Å². The molecule has 0 spiro atoms. The van der Waals surface area contributed by atoms with E-state index in [4.69, 9.17) is 4.43 Å². The summed E-state index contributed by atoms with van der Waals surface area (Å²) < 4.78 is 7.12. The van der Waals surface area contributed by atoms with Crippen molar-refractivity contribution in [3.8, 4) is 0 Å². The maximum atomic E-state index is 14.2. The summed E-state index contributed by atoms with van der Waals surface area (Å²) in [5, 5.41) is 2.11. The summed E-state index contributed by atoms with van der Waals surface area (Å²) in [6, 6.07) is 29.0. The van der Waals surface area contributed by atoms with Crippen LogP contribution < -0.4 is 15.3 Å². The summed E-state index contributed by atoms with van der Waals surface area (Å²) in [5.74, 6) is -0.0559. The first-order valence-corrected chi connectivity index (χ1v) is 14.6. The molecule has 3 nitrogen and oxygen atoms in total. The predicted octanol–water partition coefficient (Wildman–Crippen LogP) is 6.47. The van der Waals surface area contributed by atoms with E-state index in [1.54, 1.807) is 6.08 Å². The molecule has 3 aromatic rings. The van der Waals surface area contributed by atoms with E-state index in [9.17, 15) is 4.79 Å². The van der Waals surface area contributed by atoms with Gasteiger partial charge in [0.1, 0.15) is 6.10 Å². The maximum absolute atomic E-state index is 14.2. The molecular weight excluding hydrogens is 458 g/mol. The lowest BCUT2D eigenvalue weighted by molar-refractivity contribution is -0.124. The third kappa shape index (κ3) is 5.55. The Balaban J connectivity index is 2.13. The largest absolute Gasteiger partial charge is 0.396 e. The van der Waals surface area contributed by atoms with Crippen molar-refractivity contribution in [3.05, 3.63) is 103 Å². The molecule has 0 saturated heterocycles. The number of carbonyl (C=O) groups is 1. The number of para-hydroxylation sites is 1. The summed E-state index contributed by atoms with van der Waals surface area (Å²) in [6.45, 7) is 19.5. The minimum atomic E-state index is -2.87. The van der Waals surface area contributed by atoms with E-state index in [-0.39, 0.29) is 16.4 Å². The molecule has 0 heterocycles. The fourth-order valence-electron chi connectivity index (χ4n) is 5.01. The zero-order chi connectivity index (χ0) is 26.6. The van der Waals surface area contributed by atoms with Crippen LogP contribution in [-0.2, 0) is 14.6 Å². The molecule has 0 radical (unpaired) electrons. The molecule has 1 atom stereocenters. The van der Waals surface area contributed by atoms with Crippen molar-refractivity contribution in [2.45, 2.75) is 65.0 Å². The molecule has 3 aromatic carbocycles. The second-order valence-electron chi connectivity index (χ2n) is 11.4. The van der Waals surface area contributed by atoms with Crippen molar-refractivity contribution >= 4 is 30.3 Å². The van der Waals surface area contributed by atoms with Gasteiger partial charge in [-0.25, -0.2) is 0 Å². The molecule has 0 N–H and O–H groups in total. The zero-order valence-electron chi connectivity index (χ0n) is 22.9. The first-order valence-electron chi connectivity index (χ1n) is 12.7. The van der Waals surface area contributed by atoms with Gasteiger partial charge in [-0.2, -0.15) is 0 Å². The van der Waals surface area contributed by atoms with Crippen LogP contribution in [0.3, 0.4) is 0 Å². The van der Waals surface area contributed by atoms with Gasteiger partial charge in [-0.1, -0.05) is 126 Å². The van der Waals surface area contributed by atoms with Crippen LogP contribution >= 0.6 is 0 Å². The molecular formula is C32H41NO2Si. The minimum absolute atomic E-state index is 0.0559. The smallest absolute Gasteiger partial charge is 0.262 e. The molecule has 0 aliphatic heterocycles. The maximum Gasteiger partial charge on any atom is 0.262 e. The highest BCUT2D eigenvalue weighted by Gasteiger charge is 2.52. The summed E-state index contributed by atoms with van der Waals surface area (Å²) >= 11 is 0. The van der Waals surface area contributed by atoms with Crippen molar-refractivity contribution in [2.75, 3.05) is 11.4 Å². The summed E-state index contributed by atoms with van der Waals surface area (Å²) in [5.41, 5.74) is 1.92. The van der Waals surface area contributed by atoms with Crippen LogP contribution in [0.4, 0.5) is 5.69 Å². The summed E-state index contributed by atoms with van der Waals surface area (Å²) in [4.78, 5) is 16.0. The highest BCUT2D eigenvalue weighted by molar-refractivity contribution is 6.99. The second kappa shape index (κ2) is 11.0. The number of amides is 1. The third-order valence-electron chi connectivity index (χ3n) is 6.70. The lowest BCUT2D eigenvalue weighted by Crippen LogP contribution is -2.68. The zero-order valence-corrected chi connectivity index (χ0v) is 23.9. The minimum Gasteiger partial charge on any atom is -0.396 e. The van der Waals surface area contributed by atoms with Gasteiger partial charge in [0.2, 0.25) is 0 Å². The van der Waals surface area contributed by atoms with Gasteiger partial charge in [0.15, 0.2) is 0 Å². The normalized spacial score (nSPS) is 13.2. The van der Waals surface area contributed by atoms with Gasteiger partial charge in [0, 0.05) is 12.2 Å². The Morgan fingerprint density at radius 1 is 0.861 bits per heavy atom. The van der Waals surface area contributed by atoms with Gasteiger partial charge in [-0.3, -0.25) is 4.79 Å². The number of nitrogens with zero attached hydrogens (tertiary/aromatic N) is 1. The number of anilines is 1. The molecule has 0 fully saturated rings. The van der Waals surface area contributed by atoms with Crippen LogP contribution in [0.1, 0.15) is 54.0 Å². The SMILES string of the molecule is C=CCN(C(=O)[C@H](C)O[Si](c1ccccc1)(c1ccccc1)C(C)(C)C)c1ccccc1C(C)(C)C. The Kier molecular flexibility index (Phi) is 8.43. The van der Waals surface area contributed by atoms with E-state index in [2.05, 4.69) is 103 Å². The number of carbonyl (C=O) groups excluding carboxylic acids is 1. The fraction of sp³-hybridized carbons (Fsp3) is 0.344. The number of rotatable bonds is 8. The number of hydrogen-bond acceptors (Lipinski definition) is 2. The van der Waals surface area contributed by atoms with E-state index >= 15 is 0 Å². The average molecular weight is 500 g/mol. The number of hydrogen-bond donors (Lipinski definition) is 0. The van der Waals surface area contributed by atoms with Crippen molar-refractivity contribution < 1.29 is 9.22 Å². The molecule has 36 heavy (non-hydrogen) atoms. The summed E-state index contributed by atoms with van der Waals surface area (Å²) in [7, 11) is -2.87. The van der Waals surface area contributed by atoms with Crippen molar-refractivity contribution in [1.82, 2.24) is 0 Å². The van der Waals surface area contributed by atoms with Gasteiger partial charge >= 0.3 is 0 Å². The van der Waals surface area contributed by atoms with Crippen molar-refractivity contribution in [1.29, 1.82) is 0 Å². The Labute approximate surface area is 219 Å². The topological polar surface area (TPSA) is 29.5 Å². The van der Waals surface area contributed by atoms with E-state index in [1.807, 2.05) is 42.2 Å². The first kappa shape index (κ1) is 27.6. The van der Waals surface area contributed by atoms with Crippen LogP contribution in [-0.4, -0.2) is 26.9 Å². The van der Waals surface area contributed by atoms with E-state index < -0.39 is 14.4 Å². The first-order chi connectivity index (χ1) is 16.9. The molecule has 4 heteroatoms. The Morgan fingerprint density at radius 2 is 1.33 bits per heavy atom. The standard InChI is InChI=1S/C32H41NO2Si/c1-9-24-33(29-23-17-16-22-28(29)31(3,4)5)30(34)25(2)35-36(32(6,7)8,26-18-12-10-13-19-26)27-20-14-11-15-21-27/h9-23,25H,1,24H2,2-8H3/t25-/m0/s1. The van der Waals surface area contributed by atoms with Crippen LogP contribution in [0.5, 0.6) is 0 Å². The Hall–Kier alpha value is -2.95. The molecule has 190 valence electrons. The molecule has 3 rings (SSSR count). The monoisotopic (exact) mass is 499 g/mol. The molecule has 0 unspecified atom stereocenters. The lowest BCUT2D eigenvalue weighted by Gasteiger charge is -2.45. The van der Waals surface area contributed by atoms with Crippen molar-refractivity contribution in [2.24, 2.45) is 0 Å². The van der Waals surface area contributed by atoms with Gasteiger partial charge in [0.25, 0.3) is 14.2 Å². The molecule has 0 aliphatic carbocycles. The molecule has 0 saturated carbocycles. The van der Waals surface area contributed by atoms with Crippen molar-refractivity contribution in [3.63, 3.8) is 0 Å². The average Bonchev–Trinajstić information content (AvgIpc) is 2.85. The van der Waals surface area contributed by atoms with Gasteiger partial charge in [-0.15, -0.1) is 6.58 Å². The second-order valence-corrected chi connectivity index (χ2v) is 15.7.